The average molecular weight is 330 g/mol. The van der Waals surface area contributed by atoms with Gasteiger partial charge in [0, 0.05) is 35.7 Å². The third kappa shape index (κ3) is 4.18. The van der Waals surface area contributed by atoms with E-state index in [1.807, 2.05) is 22.9 Å². The molecule has 1 saturated heterocycles. The molecule has 4 nitrogen and oxygen atoms in total. The molecule has 0 unspecified atom stereocenters. The minimum atomic E-state index is 0.290. The molecule has 2 aromatic heterocycles. The van der Waals surface area contributed by atoms with Crippen LogP contribution in [0.3, 0.4) is 0 Å². The van der Waals surface area contributed by atoms with Crippen molar-refractivity contribution in [1.82, 2.24) is 9.88 Å². The van der Waals surface area contributed by atoms with Crippen molar-refractivity contribution < 1.29 is 9.53 Å². The first-order chi connectivity index (χ1) is 11.3. The smallest absolute Gasteiger partial charge is 0.217 e. The molecular formula is C18H22N2O2S. The van der Waals surface area contributed by atoms with Crippen LogP contribution in [0.5, 0.6) is 5.88 Å². The summed E-state index contributed by atoms with van der Waals surface area (Å²) in [5.41, 5.74) is 2.00. The lowest BCUT2D eigenvalue weighted by Gasteiger charge is -2.31. The maximum Gasteiger partial charge on any atom is 0.217 e. The molecule has 2 aromatic rings. The lowest BCUT2D eigenvalue weighted by atomic mass is 9.90. The predicted octanol–water partition coefficient (Wildman–Crippen LogP) is 3.64. The minimum Gasteiger partial charge on any atom is -0.481 e. The molecule has 0 spiro atoms. The van der Waals surface area contributed by atoms with Gasteiger partial charge >= 0.3 is 0 Å². The van der Waals surface area contributed by atoms with E-state index in [2.05, 4.69) is 16.0 Å². The van der Waals surface area contributed by atoms with Gasteiger partial charge in [0.15, 0.2) is 5.78 Å². The van der Waals surface area contributed by atoms with Crippen LogP contribution in [0.25, 0.3) is 0 Å². The molecular weight excluding hydrogens is 308 g/mol. The van der Waals surface area contributed by atoms with Gasteiger partial charge in [-0.1, -0.05) is 6.07 Å². The SMILES string of the molecule is COc1ncccc1CN1CCC(CC(=O)c2ccsc2)CC1. The van der Waals surface area contributed by atoms with Gasteiger partial charge in [0.05, 0.1) is 7.11 Å². The zero-order chi connectivity index (χ0) is 16.1. The Hall–Kier alpha value is -1.72. The maximum atomic E-state index is 12.2. The summed E-state index contributed by atoms with van der Waals surface area (Å²) in [6.07, 6.45) is 4.60. The van der Waals surface area contributed by atoms with E-state index in [-0.39, 0.29) is 0 Å². The number of hydrogen-bond acceptors (Lipinski definition) is 5. The van der Waals surface area contributed by atoms with Gasteiger partial charge in [0.2, 0.25) is 5.88 Å². The van der Waals surface area contributed by atoms with Gasteiger partial charge in [-0.15, -0.1) is 0 Å². The highest BCUT2D eigenvalue weighted by atomic mass is 32.1. The molecule has 0 aliphatic carbocycles. The second-order valence-corrected chi connectivity index (χ2v) is 6.81. The quantitative estimate of drug-likeness (QED) is 0.759. The summed E-state index contributed by atoms with van der Waals surface area (Å²) in [7, 11) is 1.66. The number of pyridine rings is 1. The van der Waals surface area contributed by atoms with Gasteiger partial charge in [0.1, 0.15) is 0 Å². The van der Waals surface area contributed by atoms with Crippen molar-refractivity contribution >= 4 is 17.1 Å². The number of thiophene rings is 1. The molecule has 23 heavy (non-hydrogen) atoms. The van der Waals surface area contributed by atoms with E-state index in [1.54, 1.807) is 24.6 Å². The van der Waals surface area contributed by atoms with Crippen LogP contribution >= 0.6 is 11.3 Å². The lowest BCUT2D eigenvalue weighted by Crippen LogP contribution is -2.34. The molecule has 1 fully saturated rings. The molecule has 3 rings (SSSR count). The van der Waals surface area contributed by atoms with Gasteiger partial charge in [-0.05, 0) is 49.4 Å². The van der Waals surface area contributed by atoms with Crippen LogP contribution in [0.1, 0.15) is 35.2 Å². The fourth-order valence-electron chi connectivity index (χ4n) is 3.12. The molecule has 3 heterocycles. The van der Waals surface area contributed by atoms with Gasteiger partial charge in [-0.25, -0.2) is 4.98 Å². The number of rotatable bonds is 6. The molecule has 0 amide bonds. The lowest BCUT2D eigenvalue weighted by molar-refractivity contribution is 0.0925. The summed E-state index contributed by atoms with van der Waals surface area (Å²) in [6, 6.07) is 5.94. The second kappa shape index (κ2) is 7.70. The van der Waals surface area contributed by atoms with Gasteiger partial charge in [-0.3, -0.25) is 9.69 Å². The summed E-state index contributed by atoms with van der Waals surface area (Å²) in [5.74, 6) is 1.51. The Bertz CT molecular complexity index is 634. The molecule has 0 radical (unpaired) electrons. The highest BCUT2D eigenvalue weighted by Crippen LogP contribution is 2.25. The fourth-order valence-corrected chi connectivity index (χ4v) is 3.78. The van der Waals surface area contributed by atoms with Crippen molar-refractivity contribution in [3.8, 4) is 5.88 Å². The number of likely N-dealkylation sites (tertiary alicyclic amines) is 1. The molecule has 0 N–H and O–H groups in total. The van der Waals surface area contributed by atoms with E-state index in [0.717, 1.165) is 43.6 Å². The van der Waals surface area contributed by atoms with E-state index in [4.69, 9.17) is 4.74 Å². The van der Waals surface area contributed by atoms with Crippen LogP contribution < -0.4 is 4.74 Å². The van der Waals surface area contributed by atoms with Gasteiger partial charge in [-0.2, -0.15) is 11.3 Å². The van der Waals surface area contributed by atoms with Crippen molar-refractivity contribution in [2.45, 2.75) is 25.8 Å². The first-order valence-corrected chi connectivity index (χ1v) is 8.96. The second-order valence-electron chi connectivity index (χ2n) is 6.03. The highest BCUT2D eigenvalue weighted by Gasteiger charge is 2.22. The van der Waals surface area contributed by atoms with E-state index in [9.17, 15) is 4.79 Å². The Kier molecular flexibility index (Phi) is 5.41. The highest BCUT2D eigenvalue weighted by molar-refractivity contribution is 7.08. The molecule has 1 aliphatic rings. The first kappa shape index (κ1) is 16.1. The van der Waals surface area contributed by atoms with Crippen LogP contribution in [0, 0.1) is 5.92 Å². The van der Waals surface area contributed by atoms with Crippen molar-refractivity contribution in [3.05, 3.63) is 46.3 Å². The van der Waals surface area contributed by atoms with Crippen LogP contribution in [-0.2, 0) is 6.54 Å². The van der Waals surface area contributed by atoms with Gasteiger partial charge in [0.25, 0.3) is 0 Å². The Morgan fingerprint density at radius 3 is 2.91 bits per heavy atom. The topological polar surface area (TPSA) is 42.4 Å². The standard InChI is InChI=1S/C18H22N2O2S/c1-22-18-15(3-2-7-19-18)12-20-8-4-14(5-9-20)11-17(21)16-6-10-23-13-16/h2-3,6-7,10,13-14H,4-5,8-9,11-12H2,1H3. The van der Waals surface area contributed by atoms with Gasteiger partial charge < -0.3 is 4.74 Å². The monoisotopic (exact) mass is 330 g/mol. The number of aromatic nitrogens is 1. The predicted molar refractivity (Wildman–Crippen MR) is 92.1 cm³/mol. The normalized spacial score (nSPS) is 16.4. The molecule has 0 aromatic carbocycles. The van der Waals surface area contributed by atoms with E-state index < -0.39 is 0 Å². The number of piperidine rings is 1. The Morgan fingerprint density at radius 2 is 2.22 bits per heavy atom. The number of carbonyl (C=O) groups excluding carboxylic acids is 1. The summed E-state index contributed by atoms with van der Waals surface area (Å²) in [4.78, 5) is 18.9. The Balaban J connectivity index is 1.49. The number of ketones is 1. The number of methoxy groups -OCH3 is 1. The van der Waals surface area contributed by atoms with E-state index >= 15 is 0 Å². The first-order valence-electron chi connectivity index (χ1n) is 8.02. The molecule has 122 valence electrons. The molecule has 1 aliphatic heterocycles. The Labute approximate surface area is 141 Å². The zero-order valence-corrected chi connectivity index (χ0v) is 14.2. The molecule has 0 atom stereocenters. The fraction of sp³-hybridized carbons (Fsp3) is 0.444. The third-order valence-corrected chi connectivity index (χ3v) is 5.14. The van der Waals surface area contributed by atoms with Crippen LogP contribution in [-0.4, -0.2) is 35.9 Å². The summed E-state index contributed by atoms with van der Waals surface area (Å²) in [6.45, 7) is 2.92. The number of nitrogens with zero attached hydrogens (tertiary/aromatic N) is 2. The third-order valence-electron chi connectivity index (χ3n) is 4.46. The maximum absolute atomic E-state index is 12.2. The van der Waals surface area contributed by atoms with Crippen molar-refractivity contribution in [2.24, 2.45) is 5.92 Å². The van der Waals surface area contributed by atoms with Crippen LogP contribution in [0.2, 0.25) is 0 Å². The van der Waals surface area contributed by atoms with Crippen molar-refractivity contribution in [2.75, 3.05) is 20.2 Å². The average Bonchev–Trinajstić information content (AvgIpc) is 3.12. The van der Waals surface area contributed by atoms with E-state index in [0.29, 0.717) is 24.0 Å². The van der Waals surface area contributed by atoms with Crippen molar-refractivity contribution in [3.63, 3.8) is 0 Å². The molecule has 0 saturated carbocycles. The minimum absolute atomic E-state index is 0.290. The number of carbonyl (C=O) groups is 1. The summed E-state index contributed by atoms with van der Waals surface area (Å²) in [5, 5.41) is 3.92. The van der Waals surface area contributed by atoms with Crippen LogP contribution in [0.15, 0.2) is 35.2 Å². The summed E-state index contributed by atoms with van der Waals surface area (Å²) >= 11 is 1.59. The molecule has 0 bridgehead atoms. The number of hydrogen-bond donors (Lipinski definition) is 0. The van der Waals surface area contributed by atoms with Crippen molar-refractivity contribution in [1.29, 1.82) is 0 Å². The largest absolute Gasteiger partial charge is 0.481 e. The van der Waals surface area contributed by atoms with Crippen LogP contribution in [0.4, 0.5) is 0 Å². The summed E-state index contributed by atoms with van der Waals surface area (Å²) < 4.78 is 5.32. The van der Waals surface area contributed by atoms with E-state index in [1.165, 1.54) is 0 Å². The molecule has 5 heteroatoms. The Morgan fingerprint density at radius 1 is 1.39 bits per heavy atom. The number of ether oxygens (including phenoxy) is 1. The zero-order valence-electron chi connectivity index (χ0n) is 13.4. The number of Topliss-reactive ketones (excluding diaryl/α,β-unsaturated/α-hetero) is 1.